The predicted molar refractivity (Wildman–Crippen MR) is 103 cm³/mol. The number of carbonyl (C=O) groups excluding carboxylic acids is 1. The van der Waals surface area contributed by atoms with Gasteiger partial charge in [-0.05, 0) is 69.0 Å². The average Bonchev–Trinajstić information content (AvgIpc) is 2.56. The zero-order valence-corrected chi connectivity index (χ0v) is 15.4. The van der Waals surface area contributed by atoms with Crippen molar-refractivity contribution in [1.29, 1.82) is 0 Å². The molecule has 1 N–H and O–H groups in total. The molecule has 0 saturated heterocycles. The first kappa shape index (κ1) is 17.3. The summed E-state index contributed by atoms with van der Waals surface area (Å²) in [4.78, 5) is 14.9. The number of benzene rings is 2. The van der Waals surface area contributed by atoms with Crippen LogP contribution in [0.4, 0.5) is 16.2 Å². The normalized spacial score (nSPS) is 18.4. The maximum atomic E-state index is 13.0. The van der Waals surface area contributed by atoms with E-state index < -0.39 is 0 Å². The molecule has 1 heterocycles. The van der Waals surface area contributed by atoms with Gasteiger partial charge < -0.3 is 10.1 Å². The van der Waals surface area contributed by atoms with Gasteiger partial charge in [0, 0.05) is 16.9 Å². The van der Waals surface area contributed by atoms with Crippen molar-refractivity contribution in [2.75, 3.05) is 16.8 Å². The van der Waals surface area contributed by atoms with E-state index >= 15 is 0 Å². The molecule has 3 rings (SSSR count). The number of amides is 2. The third-order valence-electron chi connectivity index (χ3n) is 4.72. The molecular weight excluding hydrogens is 312 g/mol. The zero-order chi connectivity index (χ0) is 18.0. The Morgan fingerprint density at radius 1 is 1.24 bits per heavy atom. The van der Waals surface area contributed by atoms with E-state index in [1.54, 1.807) is 0 Å². The Kier molecular flexibility index (Phi) is 4.71. The van der Waals surface area contributed by atoms with Crippen molar-refractivity contribution in [2.45, 2.75) is 45.6 Å². The second-order valence-electron chi connectivity index (χ2n) is 7.20. The summed E-state index contributed by atoms with van der Waals surface area (Å²) in [6.07, 6.45) is 0.901. The third kappa shape index (κ3) is 3.48. The van der Waals surface area contributed by atoms with Crippen LogP contribution in [0.15, 0.2) is 48.5 Å². The standard InChI is InChI=1S/C21H26N2O2/c1-5-25-17-11-12-19-18(13-17)15(2)14-21(3,4)23(19)20(24)22-16-9-7-6-8-10-16/h6-13,15H,5,14H2,1-4H3,(H,22,24). The number of ether oxygens (including phenoxy) is 1. The summed E-state index contributed by atoms with van der Waals surface area (Å²) in [5.41, 5.74) is 2.65. The molecule has 0 saturated carbocycles. The van der Waals surface area contributed by atoms with Crippen LogP contribution in [0.2, 0.25) is 0 Å². The first-order valence-electron chi connectivity index (χ1n) is 8.85. The number of nitrogens with one attached hydrogen (secondary N) is 1. The van der Waals surface area contributed by atoms with Gasteiger partial charge >= 0.3 is 6.03 Å². The number of anilines is 2. The molecule has 1 unspecified atom stereocenters. The van der Waals surface area contributed by atoms with Crippen molar-refractivity contribution in [3.8, 4) is 5.75 Å². The number of hydrogen-bond donors (Lipinski definition) is 1. The fourth-order valence-corrected chi connectivity index (χ4v) is 3.75. The summed E-state index contributed by atoms with van der Waals surface area (Å²) in [6, 6.07) is 15.5. The topological polar surface area (TPSA) is 41.6 Å². The van der Waals surface area contributed by atoms with Crippen LogP contribution in [0.3, 0.4) is 0 Å². The summed E-state index contributed by atoms with van der Waals surface area (Å²) in [6.45, 7) is 9.06. The molecule has 2 amide bonds. The van der Waals surface area contributed by atoms with Crippen molar-refractivity contribution in [3.05, 3.63) is 54.1 Å². The minimum absolute atomic E-state index is 0.103. The van der Waals surface area contributed by atoms with Crippen molar-refractivity contribution in [1.82, 2.24) is 0 Å². The van der Waals surface area contributed by atoms with Gasteiger partial charge in [-0.3, -0.25) is 4.90 Å². The van der Waals surface area contributed by atoms with Crippen LogP contribution < -0.4 is 15.0 Å². The van der Waals surface area contributed by atoms with Gasteiger partial charge in [0.1, 0.15) is 5.75 Å². The van der Waals surface area contributed by atoms with Gasteiger partial charge in [-0.25, -0.2) is 4.79 Å². The Morgan fingerprint density at radius 2 is 1.96 bits per heavy atom. The highest BCUT2D eigenvalue weighted by Gasteiger charge is 2.40. The lowest BCUT2D eigenvalue weighted by molar-refractivity contribution is 0.247. The highest BCUT2D eigenvalue weighted by molar-refractivity contribution is 6.03. The average molecular weight is 338 g/mol. The number of carbonyl (C=O) groups is 1. The van der Waals surface area contributed by atoms with Gasteiger partial charge in [-0.15, -0.1) is 0 Å². The molecule has 2 aromatic carbocycles. The molecule has 1 aliphatic heterocycles. The zero-order valence-electron chi connectivity index (χ0n) is 15.4. The van der Waals surface area contributed by atoms with Crippen molar-refractivity contribution in [3.63, 3.8) is 0 Å². The van der Waals surface area contributed by atoms with E-state index in [9.17, 15) is 4.79 Å². The highest BCUT2D eigenvalue weighted by Crippen LogP contribution is 2.44. The maximum absolute atomic E-state index is 13.0. The summed E-state index contributed by atoms with van der Waals surface area (Å²) >= 11 is 0. The van der Waals surface area contributed by atoms with E-state index in [-0.39, 0.29) is 11.6 Å². The summed E-state index contributed by atoms with van der Waals surface area (Å²) in [7, 11) is 0. The van der Waals surface area contributed by atoms with E-state index in [1.807, 2.05) is 54.3 Å². The van der Waals surface area contributed by atoms with Crippen LogP contribution in [-0.2, 0) is 0 Å². The predicted octanol–water partition coefficient (Wildman–Crippen LogP) is 5.41. The highest BCUT2D eigenvalue weighted by atomic mass is 16.5. The van der Waals surface area contributed by atoms with E-state index in [4.69, 9.17) is 4.74 Å². The van der Waals surface area contributed by atoms with Crippen molar-refractivity contribution < 1.29 is 9.53 Å². The first-order chi connectivity index (χ1) is 11.9. The smallest absolute Gasteiger partial charge is 0.326 e. The van der Waals surface area contributed by atoms with E-state index in [0.717, 1.165) is 29.1 Å². The van der Waals surface area contributed by atoms with Crippen molar-refractivity contribution >= 4 is 17.4 Å². The molecule has 1 atom stereocenters. The number of nitrogens with zero attached hydrogens (tertiary/aromatic N) is 1. The number of fused-ring (bicyclic) bond motifs is 1. The largest absolute Gasteiger partial charge is 0.494 e. The molecule has 1 aliphatic rings. The summed E-state index contributed by atoms with van der Waals surface area (Å²) in [5.74, 6) is 1.22. The summed E-state index contributed by atoms with van der Waals surface area (Å²) < 4.78 is 5.64. The third-order valence-corrected chi connectivity index (χ3v) is 4.72. The van der Waals surface area contributed by atoms with Crippen LogP contribution in [0.25, 0.3) is 0 Å². The fourth-order valence-electron chi connectivity index (χ4n) is 3.75. The molecule has 0 aliphatic carbocycles. The number of rotatable bonds is 3. The Labute approximate surface area is 149 Å². The Balaban J connectivity index is 1.97. The van der Waals surface area contributed by atoms with E-state index in [1.165, 1.54) is 0 Å². The lowest BCUT2D eigenvalue weighted by Crippen LogP contribution is -2.53. The molecule has 0 bridgehead atoms. The Morgan fingerprint density at radius 3 is 2.64 bits per heavy atom. The number of hydrogen-bond acceptors (Lipinski definition) is 2. The molecule has 0 spiro atoms. The van der Waals surface area contributed by atoms with Gasteiger partial charge in [0.25, 0.3) is 0 Å². The number of urea groups is 1. The number of para-hydroxylation sites is 1. The maximum Gasteiger partial charge on any atom is 0.326 e. The van der Waals surface area contributed by atoms with Crippen LogP contribution >= 0.6 is 0 Å². The van der Waals surface area contributed by atoms with Gasteiger partial charge in [0.15, 0.2) is 0 Å². The molecule has 0 aromatic heterocycles. The SMILES string of the molecule is CCOc1ccc2c(c1)C(C)CC(C)(C)N2C(=O)Nc1ccccc1. The lowest BCUT2D eigenvalue weighted by atomic mass is 9.80. The molecule has 25 heavy (non-hydrogen) atoms. The Bertz CT molecular complexity index is 756. The van der Waals surface area contributed by atoms with Gasteiger partial charge in [-0.2, -0.15) is 0 Å². The molecule has 0 radical (unpaired) electrons. The van der Waals surface area contributed by atoms with E-state index in [0.29, 0.717) is 12.5 Å². The van der Waals surface area contributed by atoms with Gasteiger partial charge in [0.2, 0.25) is 0 Å². The summed E-state index contributed by atoms with van der Waals surface area (Å²) in [5, 5.41) is 3.02. The van der Waals surface area contributed by atoms with Crippen molar-refractivity contribution in [2.24, 2.45) is 0 Å². The molecule has 4 nitrogen and oxygen atoms in total. The molecule has 2 aromatic rings. The second kappa shape index (κ2) is 6.79. The first-order valence-corrected chi connectivity index (χ1v) is 8.85. The second-order valence-corrected chi connectivity index (χ2v) is 7.20. The Hall–Kier alpha value is -2.49. The van der Waals surface area contributed by atoms with Crippen LogP contribution in [0, 0.1) is 0 Å². The molecule has 0 fully saturated rings. The fraction of sp³-hybridized carbons (Fsp3) is 0.381. The minimum Gasteiger partial charge on any atom is -0.494 e. The lowest BCUT2D eigenvalue weighted by Gasteiger charge is -2.45. The van der Waals surface area contributed by atoms with Gasteiger partial charge in [0.05, 0.1) is 6.61 Å². The molecule has 4 heteroatoms. The minimum atomic E-state index is -0.265. The van der Waals surface area contributed by atoms with Crippen LogP contribution in [-0.4, -0.2) is 18.2 Å². The van der Waals surface area contributed by atoms with E-state index in [2.05, 4.69) is 32.2 Å². The van der Waals surface area contributed by atoms with Crippen LogP contribution in [0.5, 0.6) is 5.75 Å². The molecular formula is C21H26N2O2. The van der Waals surface area contributed by atoms with Crippen LogP contribution in [0.1, 0.15) is 45.6 Å². The quantitative estimate of drug-likeness (QED) is 0.813. The van der Waals surface area contributed by atoms with Gasteiger partial charge in [-0.1, -0.05) is 25.1 Å². The monoisotopic (exact) mass is 338 g/mol. The molecule has 132 valence electrons.